The predicted molar refractivity (Wildman–Crippen MR) is 85.2 cm³/mol. The van der Waals surface area contributed by atoms with Crippen molar-refractivity contribution in [3.05, 3.63) is 21.6 Å². The minimum atomic E-state index is -0.144. The number of thiophene rings is 1. The zero-order valence-electron chi connectivity index (χ0n) is 12.0. The highest BCUT2D eigenvalue weighted by atomic mass is 32.1. The number of anilines is 1. The van der Waals surface area contributed by atoms with E-state index in [-0.39, 0.29) is 5.91 Å². The van der Waals surface area contributed by atoms with E-state index in [4.69, 9.17) is 0 Å². The van der Waals surface area contributed by atoms with Crippen molar-refractivity contribution in [2.45, 2.75) is 26.7 Å². The highest BCUT2D eigenvalue weighted by molar-refractivity contribution is 7.20. The molecule has 0 aliphatic rings. The maximum Gasteiger partial charge on any atom is 0.267 e. The van der Waals surface area contributed by atoms with Crippen LogP contribution in [0.15, 0.2) is 6.07 Å². The van der Waals surface area contributed by atoms with Crippen LogP contribution in [-0.2, 0) is 13.5 Å². The molecule has 0 aliphatic heterocycles. The summed E-state index contributed by atoms with van der Waals surface area (Å²) in [4.78, 5) is 13.9. The van der Waals surface area contributed by atoms with Gasteiger partial charge in [-0.05, 0) is 19.4 Å². The van der Waals surface area contributed by atoms with Crippen LogP contribution < -0.4 is 5.32 Å². The Morgan fingerprint density at radius 2 is 2.19 bits per heavy atom. The van der Waals surface area contributed by atoms with E-state index < -0.39 is 0 Å². The molecule has 0 fully saturated rings. The van der Waals surface area contributed by atoms with Crippen molar-refractivity contribution < 1.29 is 4.79 Å². The number of rotatable bonds is 4. The van der Waals surface area contributed by atoms with Crippen molar-refractivity contribution in [1.82, 2.24) is 20.0 Å². The monoisotopic (exact) mass is 321 g/mol. The van der Waals surface area contributed by atoms with E-state index in [2.05, 4.69) is 27.5 Å². The van der Waals surface area contributed by atoms with Gasteiger partial charge in [0.2, 0.25) is 5.13 Å². The van der Waals surface area contributed by atoms with Crippen LogP contribution in [0.3, 0.4) is 0 Å². The lowest BCUT2D eigenvalue weighted by atomic mass is 10.3. The minimum absolute atomic E-state index is 0.144. The van der Waals surface area contributed by atoms with Gasteiger partial charge in [-0.3, -0.25) is 14.8 Å². The molecule has 3 aromatic rings. The van der Waals surface area contributed by atoms with E-state index in [0.717, 1.165) is 33.8 Å². The fourth-order valence-electron chi connectivity index (χ4n) is 2.09. The lowest BCUT2D eigenvalue weighted by molar-refractivity contribution is 0.103. The summed E-state index contributed by atoms with van der Waals surface area (Å²) in [5.41, 5.74) is 0.934. The fraction of sp³-hybridized carbons (Fsp3) is 0.385. The molecule has 1 N–H and O–H groups in total. The van der Waals surface area contributed by atoms with Crippen LogP contribution in [0.4, 0.5) is 5.13 Å². The first-order valence-corrected chi connectivity index (χ1v) is 8.28. The minimum Gasteiger partial charge on any atom is -0.296 e. The third kappa shape index (κ3) is 2.68. The molecule has 0 aromatic carbocycles. The second-order valence-electron chi connectivity index (χ2n) is 4.74. The number of nitrogens with zero attached hydrogens (tertiary/aromatic N) is 4. The first-order valence-electron chi connectivity index (χ1n) is 6.65. The van der Waals surface area contributed by atoms with Crippen LogP contribution in [0.25, 0.3) is 10.2 Å². The highest BCUT2D eigenvalue weighted by Crippen LogP contribution is 2.28. The fourth-order valence-corrected chi connectivity index (χ4v) is 3.95. The maximum absolute atomic E-state index is 12.3. The Bertz CT molecular complexity index is 766. The molecule has 6 nitrogen and oxygen atoms in total. The van der Waals surface area contributed by atoms with Crippen molar-refractivity contribution >= 4 is 43.9 Å². The molecule has 8 heteroatoms. The van der Waals surface area contributed by atoms with Gasteiger partial charge in [0, 0.05) is 18.9 Å². The van der Waals surface area contributed by atoms with Gasteiger partial charge in [0.25, 0.3) is 5.91 Å². The maximum atomic E-state index is 12.3. The summed E-state index contributed by atoms with van der Waals surface area (Å²) in [6.45, 7) is 4.03. The first kappa shape index (κ1) is 14.2. The quantitative estimate of drug-likeness (QED) is 0.802. The Balaban J connectivity index is 1.81. The van der Waals surface area contributed by atoms with Crippen molar-refractivity contribution in [3.63, 3.8) is 0 Å². The summed E-state index contributed by atoms with van der Waals surface area (Å²) in [5, 5.41) is 17.7. The Morgan fingerprint density at radius 1 is 1.38 bits per heavy atom. The highest BCUT2D eigenvalue weighted by Gasteiger charge is 2.16. The normalized spacial score (nSPS) is 11.2. The molecule has 1 amide bonds. The van der Waals surface area contributed by atoms with Gasteiger partial charge in [-0.15, -0.1) is 21.5 Å². The van der Waals surface area contributed by atoms with Gasteiger partial charge in [0.05, 0.1) is 10.6 Å². The number of aryl methyl sites for hydroxylation is 3. The molecule has 0 aliphatic carbocycles. The summed E-state index contributed by atoms with van der Waals surface area (Å²) in [6, 6.07) is 1.88. The number of carbonyl (C=O) groups is 1. The second-order valence-corrected chi connectivity index (χ2v) is 6.84. The molecule has 0 radical (unpaired) electrons. The molecule has 3 rings (SSSR count). The van der Waals surface area contributed by atoms with Crippen LogP contribution in [-0.4, -0.2) is 25.9 Å². The lowest BCUT2D eigenvalue weighted by Crippen LogP contribution is -2.09. The van der Waals surface area contributed by atoms with E-state index in [1.54, 1.807) is 4.68 Å². The largest absolute Gasteiger partial charge is 0.296 e. The molecule has 0 spiro atoms. The molecular formula is C13H15N5OS2. The number of nitrogens with one attached hydrogen (secondary N) is 1. The van der Waals surface area contributed by atoms with Crippen LogP contribution in [0.5, 0.6) is 0 Å². The van der Waals surface area contributed by atoms with Crippen molar-refractivity contribution in [2.24, 2.45) is 7.05 Å². The van der Waals surface area contributed by atoms with Gasteiger partial charge in [0.15, 0.2) is 0 Å². The van der Waals surface area contributed by atoms with Gasteiger partial charge in [-0.25, -0.2) is 0 Å². The molecule has 3 heterocycles. The van der Waals surface area contributed by atoms with Crippen LogP contribution in [0, 0.1) is 6.92 Å². The Kier molecular flexibility index (Phi) is 3.73. The number of aromatic nitrogens is 4. The topological polar surface area (TPSA) is 72.7 Å². The molecule has 0 unspecified atom stereocenters. The van der Waals surface area contributed by atoms with Crippen molar-refractivity contribution in [2.75, 3.05) is 5.32 Å². The number of hydrogen-bond donors (Lipinski definition) is 1. The first-order chi connectivity index (χ1) is 10.1. The van der Waals surface area contributed by atoms with Crippen LogP contribution in [0.1, 0.15) is 33.7 Å². The Labute approximate surface area is 129 Å². The van der Waals surface area contributed by atoms with E-state index in [9.17, 15) is 4.79 Å². The SMILES string of the molecule is CCCc1nnc(NC(=O)c2cc3c(C)nn(C)c3s2)s1. The van der Waals surface area contributed by atoms with E-state index in [1.165, 1.54) is 22.7 Å². The third-order valence-corrected chi connectivity index (χ3v) is 5.17. The van der Waals surface area contributed by atoms with Crippen LogP contribution >= 0.6 is 22.7 Å². The predicted octanol–water partition coefficient (Wildman–Crippen LogP) is 3.00. The summed E-state index contributed by atoms with van der Waals surface area (Å²) in [6.07, 6.45) is 1.91. The van der Waals surface area contributed by atoms with Gasteiger partial charge in [-0.1, -0.05) is 18.3 Å². The molecule has 0 bridgehead atoms. The Hall–Kier alpha value is -1.80. The standard InChI is InChI=1S/C13H15N5OS2/c1-4-5-10-15-16-13(21-10)14-11(19)9-6-8-7(2)17-18(3)12(8)20-9/h6H,4-5H2,1-3H3,(H,14,16,19). The number of hydrogen-bond acceptors (Lipinski definition) is 6. The number of carbonyl (C=O) groups excluding carboxylic acids is 1. The molecule has 0 saturated heterocycles. The lowest BCUT2D eigenvalue weighted by Gasteiger charge is -1.97. The molecule has 0 atom stereocenters. The summed E-state index contributed by atoms with van der Waals surface area (Å²) in [5.74, 6) is -0.144. The average molecular weight is 321 g/mol. The summed E-state index contributed by atoms with van der Waals surface area (Å²) < 4.78 is 1.80. The van der Waals surface area contributed by atoms with Crippen LogP contribution in [0.2, 0.25) is 0 Å². The smallest absolute Gasteiger partial charge is 0.267 e. The second kappa shape index (κ2) is 5.53. The van der Waals surface area contributed by atoms with E-state index >= 15 is 0 Å². The average Bonchev–Trinajstić information content (AvgIpc) is 3.10. The van der Waals surface area contributed by atoms with Crippen molar-refractivity contribution in [1.29, 1.82) is 0 Å². The third-order valence-electron chi connectivity index (χ3n) is 3.07. The van der Waals surface area contributed by atoms with Crippen molar-refractivity contribution in [3.8, 4) is 0 Å². The number of fused-ring (bicyclic) bond motifs is 1. The van der Waals surface area contributed by atoms with E-state index in [0.29, 0.717) is 10.0 Å². The molecular weight excluding hydrogens is 306 g/mol. The van der Waals surface area contributed by atoms with E-state index in [1.807, 2.05) is 20.0 Å². The summed E-state index contributed by atoms with van der Waals surface area (Å²) >= 11 is 2.86. The van der Waals surface area contributed by atoms with Gasteiger partial charge < -0.3 is 0 Å². The molecule has 3 aromatic heterocycles. The zero-order valence-corrected chi connectivity index (χ0v) is 13.6. The van der Waals surface area contributed by atoms with Gasteiger partial charge >= 0.3 is 0 Å². The molecule has 21 heavy (non-hydrogen) atoms. The Morgan fingerprint density at radius 3 is 2.90 bits per heavy atom. The number of amides is 1. The van der Waals surface area contributed by atoms with Gasteiger partial charge in [-0.2, -0.15) is 5.10 Å². The summed E-state index contributed by atoms with van der Waals surface area (Å²) in [7, 11) is 1.88. The van der Waals surface area contributed by atoms with Gasteiger partial charge in [0.1, 0.15) is 9.84 Å². The molecule has 0 saturated carbocycles. The zero-order chi connectivity index (χ0) is 15.0. The molecule has 110 valence electrons.